The van der Waals surface area contributed by atoms with Gasteiger partial charge in [-0.2, -0.15) is 0 Å². The number of hydrogen-bond acceptors (Lipinski definition) is 5. The Morgan fingerprint density at radius 1 is 1.17 bits per heavy atom. The summed E-state index contributed by atoms with van der Waals surface area (Å²) in [6.45, 7) is 8.07. The van der Waals surface area contributed by atoms with Gasteiger partial charge < -0.3 is 9.64 Å². The molecule has 7 heteroatoms. The molecule has 0 aromatic heterocycles. The molecule has 0 bridgehead atoms. The number of nitrogens with zero attached hydrogens (tertiary/aromatic N) is 2. The van der Waals surface area contributed by atoms with E-state index in [4.69, 9.17) is 4.74 Å². The Hall–Kier alpha value is -3.22. The molecule has 0 radical (unpaired) electrons. The maximum atomic E-state index is 12.5. The lowest BCUT2D eigenvalue weighted by Crippen LogP contribution is -2.27. The molecule has 0 N–H and O–H groups in total. The Bertz CT molecular complexity index is 960. The molecule has 3 rings (SSSR count). The van der Waals surface area contributed by atoms with Crippen molar-refractivity contribution in [3.8, 4) is 5.75 Å². The molecule has 1 fully saturated rings. The Morgan fingerprint density at radius 3 is 2.41 bits per heavy atom. The van der Waals surface area contributed by atoms with E-state index in [9.17, 15) is 19.7 Å². The van der Waals surface area contributed by atoms with Gasteiger partial charge in [0.1, 0.15) is 5.75 Å². The lowest BCUT2D eigenvalue weighted by atomic mass is 9.87. The summed E-state index contributed by atoms with van der Waals surface area (Å²) in [7, 11) is 0. The number of ether oxygens (including phenoxy) is 1. The second-order valence-electron chi connectivity index (χ2n) is 8.33. The highest BCUT2D eigenvalue weighted by Gasteiger charge is 2.37. The number of esters is 1. The molecule has 0 unspecified atom stereocenters. The SMILES string of the molecule is Cc1ccc(N2C[C@H](C(=O)Oc3ccc(C(C)(C)C)cc3)CC2=O)cc1[N+](=O)[O-]. The number of carbonyl (C=O) groups excluding carboxylic acids is 2. The average Bonchev–Trinajstić information content (AvgIpc) is 3.03. The second-order valence-corrected chi connectivity index (χ2v) is 8.33. The second kappa shape index (κ2) is 7.66. The van der Waals surface area contributed by atoms with Crippen molar-refractivity contribution in [2.24, 2.45) is 5.92 Å². The van der Waals surface area contributed by atoms with Crippen molar-refractivity contribution in [3.63, 3.8) is 0 Å². The van der Waals surface area contributed by atoms with E-state index in [-0.39, 0.29) is 30.0 Å². The third kappa shape index (κ3) is 4.45. The molecular weight excluding hydrogens is 372 g/mol. The van der Waals surface area contributed by atoms with E-state index in [1.165, 1.54) is 11.0 Å². The van der Waals surface area contributed by atoms with Gasteiger partial charge in [0.2, 0.25) is 5.91 Å². The zero-order valence-electron chi connectivity index (χ0n) is 17.0. The molecule has 1 saturated heterocycles. The molecule has 1 aliphatic rings. The first-order valence-corrected chi connectivity index (χ1v) is 9.44. The number of rotatable bonds is 4. The molecule has 1 amide bonds. The number of nitro groups is 1. The van der Waals surface area contributed by atoms with Gasteiger partial charge in [-0.3, -0.25) is 19.7 Å². The summed E-state index contributed by atoms with van der Waals surface area (Å²) in [5, 5.41) is 11.2. The number of benzene rings is 2. The lowest BCUT2D eigenvalue weighted by molar-refractivity contribution is -0.385. The first kappa shape index (κ1) is 20.5. The Labute approximate surface area is 169 Å². The van der Waals surface area contributed by atoms with E-state index in [2.05, 4.69) is 20.8 Å². The van der Waals surface area contributed by atoms with Crippen LogP contribution in [-0.2, 0) is 15.0 Å². The average molecular weight is 396 g/mol. The summed E-state index contributed by atoms with van der Waals surface area (Å²) in [4.78, 5) is 37.0. The maximum Gasteiger partial charge on any atom is 0.316 e. The predicted octanol–water partition coefficient (Wildman–Crippen LogP) is 4.16. The van der Waals surface area contributed by atoms with Gasteiger partial charge in [0.05, 0.1) is 16.5 Å². The zero-order chi connectivity index (χ0) is 21.3. The van der Waals surface area contributed by atoms with Crippen LogP contribution in [0.1, 0.15) is 38.3 Å². The molecule has 152 valence electrons. The van der Waals surface area contributed by atoms with Gasteiger partial charge in [-0.15, -0.1) is 0 Å². The number of anilines is 1. The quantitative estimate of drug-likeness (QED) is 0.335. The Morgan fingerprint density at radius 2 is 1.83 bits per heavy atom. The van der Waals surface area contributed by atoms with Gasteiger partial charge >= 0.3 is 5.97 Å². The van der Waals surface area contributed by atoms with Crippen LogP contribution in [0.3, 0.4) is 0 Å². The van der Waals surface area contributed by atoms with Crippen molar-refractivity contribution in [2.75, 3.05) is 11.4 Å². The smallest absolute Gasteiger partial charge is 0.316 e. The maximum absolute atomic E-state index is 12.5. The van der Waals surface area contributed by atoms with Crippen LogP contribution in [0.25, 0.3) is 0 Å². The Balaban J connectivity index is 1.71. The van der Waals surface area contributed by atoms with Crippen LogP contribution in [0.2, 0.25) is 0 Å². The number of aryl methyl sites for hydroxylation is 1. The molecule has 2 aromatic carbocycles. The van der Waals surface area contributed by atoms with E-state index in [0.29, 0.717) is 17.0 Å². The molecule has 29 heavy (non-hydrogen) atoms. The number of carbonyl (C=O) groups is 2. The molecule has 7 nitrogen and oxygen atoms in total. The fourth-order valence-corrected chi connectivity index (χ4v) is 3.30. The van der Waals surface area contributed by atoms with Crippen molar-refractivity contribution in [2.45, 2.75) is 39.5 Å². The van der Waals surface area contributed by atoms with E-state index < -0.39 is 16.8 Å². The minimum atomic E-state index is -0.620. The van der Waals surface area contributed by atoms with Crippen LogP contribution in [0.15, 0.2) is 42.5 Å². The van der Waals surface area contributed by atoms with E-state index in [1.54, 1.807) is 31.2 Å². The van der Waals surface area contributed by atoms with Crippen LogP contribution in [-0.4, -0.2) is 23.3 Å². The highest BCUT2D eigenvalue weighted by Crippen LogP contribution is 2.31. The van der Waals surface area contributed by atoms with Gasteiger partial charge in [0.25, 0.3) is 5.69 Å². The largest absolute Gasteiger partial charge is 0.426 e. The monoisotopic (exact) mass is 396 g/mol. The molecule has 2 aromatic rings. The van der Waals surface area contributed by atoms with E-state index >= 15 is 0 Å². The summed E-state index contributed by atoms with van der Waals surface area (Å²) in [5.74, 6) is -0.927. The van der Waals surface area contributed by atoms with Gasteiger partial charge in [0.15, 0.2) is 0 Å². The molecule has 0 aliphatic carbocycles. The van der Waals surface area contributed by atoms with E-state index in [1.807, 2.05) is 12.1 Å². The molecule has 0 saturated carbocycles. The van der Waals surface area contributed by atoms with Crippen molar-refractivity contribution in [1.29, 1.82) is 0 Å². The van der Waals surface area contributed by atoms with Crippen LogP contribution >= 0.6 is 0 Å². The van der Waals surface area contributed by atoms with Crippen molar-refractivity contribution < 1.29 is 19.2 Å². The number of hydrogen-bond donors (Lipinski definition) is 0. The van der Waals surface area contributed by atoms with Crippen LogP contribution in [0, 0.1) is 23.0 Å². The van der Waals surface area contributed by atoms with Gasteiger partial charge in [-0.25, -0.2) is 0 Å². The summed E-state index contributed by atoms with van der Waals surface area (Å²) < 4.78 is 5.45. The van der Waals surface area contributed by atoms with Crippen molar-refractivity contribution >= 4 is 23.3 Å². The fraction of sp³-hybridized carbons (Fsp3) is 0.364. The fourth-order valence-electron chi connectivity index (χ4n) is 3.30. The van der Waals surface area contributed by atoms with Gasteiger partial charge in [0, 0.05) is 24.6 Å². The van der Waals surface area contributed by atoms with Crippen LogP contribution in [0.4, 0.5) is 11.4 Å². The molecule has 1 aliphatic heterocycles. The molecule has 1 atom stereocenters. The summed E-state index contributed by atoms with van der Waals surface area (Å²) in [5.41, 5.74) is 2.00. The first-order chi connectivity index (χ1) is 13.6. The standard InChI is InChI=1S/C22H24N2O5/c1-14-5-8-17(12-19(14)24(27)28)23-13-15(11-20(23)25)21(26)29-18-9-6-16(7-10-18)22(2,3)4/h5-10,12,15H,11,13H2,1-4H3/t15-/m1/s1. The van der Waals surface area contributed by atoms with E-state index in [0.717, 1.165) is 5.56 Å². The normalized spacial score (nSPS) is 16.8. The number of amides is 1. The lowest BCUT2D eigenvalue weighted by Gasteiger charge is -2.19. The highest BCUT2D eigenvalue weighted by molar-refractivity contribution is 6.00. The molecule has 0 spiro atoms. The molecule has 1 heterocycles. The number of nitro benzene ring substituents is 1. The summed E-state index contributed by atoms with van der Waals surface area (Å²) >= 11 is 0. The highest BCUT2D eigenvalue weighted by atomic mass is 16.6. The van der Waals surface area contributed by atoms with Crippen LogP contribution < -0.4 is 9.64 Å². The third-order valence-corrected chi connectivity index (χ3v) is 5.10. The Kier molecular flexibility index (Phi) is 5.42. The zero-order valence-corrected chi connectivity index (χ0v) is 17.0. The van der Waals surface area contributed by atoms with Crippen molar-refractivity contribution in [1.82, 2.24) is 0 Å². The predicted molar refractivity (Wildman–Crippen MR) is 109 cm³/mol. The minimum Gasteiger partial charge on any atom is -0.426 e. The van der Waals surface area contributed by atoms with Crippen LogP contribution in [0.5, 0.6) is 5.75 Å². The van der Waals surface area contributed by atoms with Gasteiger partial charge in [-0.1, -0.05) is 39.0 Å². The topological polar surface area (TPSA) is 89.8 Å². The minimum absolute atomic E-state index is 0.00242. The first-order valence-electron chi connectivity index (χ1n) is 9.44. The van der Waals surface area contributed by atoms with Crippen molar-refractivity contribution in [3.05, 3.63) is 63.7 Å². The summed E-state index contributed by atoms with van der Waals surface area (Å²) in [6, 6.07) is 11.9. The molecular formula is C22H24N2O5. The summed E-state index contributed by atoms with van der Waals surface area (Å²) in [6.07, 6.45) is 0.0145. The third-order valence-electron chi connectivity index (χ3n) is 5.10. The van der Waals surface area contributed by atoms with Gasteiger partial charge in [-0.05, 0) is 36.1 Å².